The summed E-state index contributed by atoms with van der Waals surface area (Å²) in [5.74, 6) is -3.30. The first-order valence-electron chi connectivity index (χ1n) is 5.23. The van der Waals surface area contributed by atoms with Crippen molar-refractivity contribution in [3.8, 4) is 0 Å². The third-order valence-corrected chi connectivity index (χ3v) is 4.67. The number of hydrogen-bond acceptors (Lipinski definition) is 4. The summed E-state index contributed by atoms with van der Waals surface area (Å²) in [5.41, 5.74) is 0. The summed E-state index contributed by atoms with van der Waals surface area (Å²) in [6.07, 6.45) is 0. The van der Waals surface area contributed by atoms with Crippen LogP contribution in [-0.4, -0.2) is 68.7 Å². The molecule has 0 radical (unpaired) electrons. The van der Waals surface area contributed by atoms with E-state index in [1.54, 1.807) is 0 Å². The summed E-state index contributed by atoms with van der Waals surface area (Å²) in [5, 5.41) is 3.12. The maximum atomic E-state index is 12.3. The molecule has 0 aromatic rings. The van der Waals surface area contributed by atoms with Crippen LogP contribution in [0.5, 0.6) is 0 Å². The Morgan fingerprint density at radius 1 is 1.12 bits per heavy atom. The Kier molecular flexibility index (Phi) is 3.43. The van der Waals surface area contributed by atoms with Gasteiger partial charge in [0, 0.05) is 45.3 Å². The molecule has 2 fully saturated rings. The molecule has 16 heavy (non-hydrogen) atoms. The molecule has 2 rings (SSSR count). The molecule has 0 bridgehead atoms. The standard InChI is InChI=1S/C8H15F2N3O2S/c9-8(10)16(14,15)13-3-1-12(2-4-13)7-5-11-6-7/h7-8,11H,1-6H2. The molecule has 0 atom stereocenters. The molecule has 0 amide bonds. The van der Waals surface area contributed by atoms with Crippen LogP contribution in [0, 0.1) is 0 Å². The molecule has 2 aliphatic heterocycles. The quantitative estimate of drug-likeness (QED) is 0.712. The Hall–Kier alpha value is -0.310. The van der Waals surface area contributed by atoms with Crippen LogP contribution in [0.1, 0.15) is 0 Å². The summed E-state index contributed by atoms with van der Waals surface area (Å²) in [7, 11) is -4.38. The fourth-order valence-corrected chi connectivity index (χ4v) is 2.87. The topological polar surface area (TPSA) is 52.7 Å². The first-order chi connectivity index (χ1) is 7.51. The molecule has 1 N–H and O–H groups in total. The van der Waals surface area contributed by atoms with Crippen LogP contribution in [-0.2, 0) is 10.0 Å². The zero-order valence-electron chi connectivity index (χ0n) is 8.77. The minimum atomic E-state index is -4.38. The van der Waals surface area contributed by atoms with Crippen molar-refractivity contribution in [3.63, 3.8) is 0 Å². The van der Waals surface area contributed by atoms with E-state index in [0.717, 1.165) is 17.4 Å². The summed E-state index contributed by atoms with van der Waals surface area (Å²) < 4.78 is 47.8. The Balaban J connectivity index is 1.89. The van der Waals surface area contributed by atoms with Gasteiger partial charge in [-0.15, -0.1) is 0 Å². The number of halogens is 2. The van der Waals surface area contributed by atoms with Gasteiger partial charge >= 0.3 is 5.76 Å². The van der Waals surface area contributed by atoms with Gasteiger partial charge in [-0.3, -0.25) is 4.90 Å². The van der Waals surface area contributed by atoms with Crippen molar-refractivity contribution in [1.29, 1.82) is 0 Å². The van der Waals surface area contributed by atoms with Crippen LogP contribution in [0.2, 0.25) is 0 Å². The Bertz CT molecular complexity index is 337. The van der Waals surface area contributed by atoms with E-state index < -0.39 is 15.8 Å². The number of sulfonamides is 1. The molecule has 0 aliphatic carbocycles. The molecule has 5 nitrogen and oxygen atoms in total. The van der Waals surface area contributed by atoms with Gasteiger partial charge in [0.1, 0.15) is 0 Å². The zero-order chi connectivity index (χ0) is 11.8. The van der Waals surface area contributed by atoms with E-state index in [-0.39, 0.29) is 13.1 Å². The van der Waals surface area contributed by atoms with Crippen molar-refractivity contribution in [2.45, 2.75) is 11.8 Å². The molecule has 2 aliphatic rings. The summed E-state index contributed by atoms with van der Waals surface area (Å²) >= 11 is 0. The van der Waals surface area contributed by atoms with Gasteiger partial charge in [-0.05, 0) is 0 Å². The van der Waals surface area contributed by atoms with Crippen molar-refractivity contribution in [2.24, 2.45) is 0 Å². The molecular weight excluding hydrogens is 240 g/mol. The van der Waals surface area contributed by atoms with E-state index >= 15 is 0 Å². The Morgan fingerprint density at radius 3 is 2.06 bits per heavy atom. The van der Waals surface area contributed by atoms with Crippen molar-refractivity contribution < 1.29 is 17.2 Å². The normalized spacial score (nSPS) is 25.9. The number of nitrogens with zero attached hydrogens (tertiary/aromatic N) is 2. The lowest BCUT2D eigenvalue weighted by Gasteiger charge is -2.42. The highest BCUT2D eigenvalue weighted by Crippen LogP contribution is 2.16. The van der Waals surface area contributed by atoms with Gasteiger partial charge in [0.25, 0.3) is 10.0 Å². The second-order valence-corrected chi connectivity index (χ2v) is 5.96. The number of alkyl halides is 2. The van der Waals surface area contributed by atoms with Gasteiger partial charge in [-0.25, -0.2) is 8.42 Å². The van der Waals surface area contributed by atoms with Crippen LogP contribution < -0.4 is 5.32 Å². The zero-order valence-corrected chi connectivity index (χ0v) is 9.59. The maximum Gasteiger partial charge on any atom is 0.350 e. The van der Waals surface area contributed by atoms with Gasteiger partial charge in [0.15, 0.2) is 0 Å². The molecular formula is C8H15F2N3O2S. The van der Waals surface area contributed by atoms with Crippen LogP contribution in [0.15, 0.2) is 0 Å². The van der Waals surface area contributed by atoms with Gasteiger partial charge < -0.3 is 5.32 Å². The van der Waals surface area contributed by atoms with Crippen molar-refractivity contribution >= 4 is 10.0 Å². The van der Waals surface area contributed by atoms with Crippen molar-refractivity contribution in [3.05, 3.63) is 0 Å². The predicted octanol–water partition coefficient (Wildman–Crippen LogP) is -0.872. The first kappa shape index (κ1) is 12.2. The molecule has 0 saturated carbocycles. The second-order valence-electron chi connectivity index (χ2n) is 4.05. The van der Waals surface area contributed by atoms with Gasteiger partial charge in [-0.2, -0.15) is 13.1 Å². The average Bonchev–Trinajstić information content (AvgIpc) is 2.15. The predicted molar refractivity (Wildman–Crippen MR) is 54.7 cm³/mol. The van der Waals surface area contributed by atoms with E-state index in [9.17, 15) is 17.2 Å². The fourth-order valence-electron chi connectivity index (χ4n) is 1.97. The molecule has 0 unspecified atom stereocenters. The van der Waals surface area contributed by atoms with E-state index in [2.05, 4.69) is 10.2 Å². The largest absolute Gasteiger partial charge is 0.350 e. The molecule has 0 aromatic carbocycles. The smallest absolute Gasteiger partial charge is 0.314 e. The van der Waals surface area contributed by atoms with Gasteiger partial charge in [-0.1, -0.05) is 0 Å². The lowest BCUT2D eigenvalue weighted by atomic mass is 10.1. The lowest BCUT2D eigenvalue weighted by Crippen LogP contribution is -2.62. The Labute approximate surface area is 93.4 Å². The minimum Gasteiger partial charge on any atom is -0.314 e. The minimum absolute atomic E-state index is 0.170. The average molecular weight is 255 g/mol. The molecule has 94 valence electrons. The number of nitrogens with one attached hydrogen (secondary N) is 1. The van der Waals surface area contributed by atoms with E-state index in [1.165, 1.54) is 0 Å². The van der Waals surface area contributed by atoms with Crippen molar-refractivity contribution in [2.75, 3.05) is 39.3 Å². The highest BCUT2D eigenvalue weighted by molar-refractivity contribution is 7.89. The summed E-state index contributed by atoms with van der Waals surface area (Å²) in [6.45, 7) is 3.23. The van der Waals surface area contributed by atoms with Crippen LogP contribution >= 0.6 is 0 Å². The number of hydrogen-bond donors (Lipinski definition) is 1. The van der Waals surface area contributed by atoms with Crippen LogP contribution in [0.25, 0.3) is 0 Å². The van der Waals surface area contributed by atoms with Crippen LogP contribution in [0.3, 0.4) is 0 Å². The van der Waals surface area contributed by atoms with E-state index in [0.29, 0.717) is 19.1 Å². The maximum absolute atomic E-state index is 12.3. The summed E-state index contributed by atoms with van der Waals surface area (Å²) in [4.78, 5) is 2.15. The van der Waals surface area contributed by atoms with Gasteiger partial charge in [0.2, 0.25) is 0 Å². The van der Waals surface area contributed by atoms with Crippen molar-refractivity contribution in [1.82, 2.24) is 14.5 Å². The molecule has 8 heteroatoms. The van der Waals surface area contributed by atoms with E-state index in [4.69, 9.17) is 0 Å². The molecule has 2 saturated heterocycles. The first-order valence-corrected chi connectivity index (χ1v) is 6.74. The third-order valence-electron chi connectivity index (χ3n) is 3.13. The third kappa shape index (κ3) is 2.20. The Morgan fingerprint density at radius 2 is 1.69 bits per heavy atom. The fraction of sp³-hybridized carbons (Fsp3) is 1.00. The SMILES string of the molecule is O=S(=O)(C(F)F)N1CCN(C2CNC2)CC1. The van der Waals surface area contributed by atoms with Crippen LogP contribution in [0.4, 0.5) is 8.78 Å². The molecule has 0 spiro atoms. The monoisotopic (exact) mass is 255 g/mol. The second kappa shape index (κ2) is 4.52. The van der Waals surface area contributed by atoms with Gasteiger partial charge in [0.05, 0.1) is 0 Å². The number of rotatable bonds is 3. The van der Waals surface area contributed by atoms with E-state index in [1.807, 2.05) is 0 Å². The number of piperazine rings is 1. The highest BCUT2D eigenvalue weighted by atomic mass is 32.2. The molecule has 0 aromatic heterocycles. The molecule has 2 heterocycles. The highest BCUT2D eigenvalue weighted by Gasteiger charge is 2.36. The lowest BCUT2D eigenvalue weighted by molar-refractivity contribution is 0.0992. The summed E-state index contributed by atoms with van der Waals surface area (Å²) in [6, 6.07) is 0.441.